The molecule has 3 N–H and O–H groups in total. The minimum atomic E-state index is -1.08. The summed E-state index contributed by atoms with van der Waals surface area (Å²) in [6.45, 7) is 2.90. The largest absolute Gasteiger partial charge is 0.497 e. The molecule has 0 amide bonds. The van der Waals surface area contributed by atoms with Gasteiger partial charge in [-0.05, 0) is 30.7 Å². The van der Waals surface area contributed by atoms with Gasteiger partial charge in [-0.15, -0.1) is 5.10 Å². The number of hydrogen-bond donors (Lipinski definition) is 3. The van der Waals surface area contributed by atoms with Gasteiger partial charge < -0.3 is 24.3 Å². The van der Waals surface area contributed by atoms with Gasteiger partial charge in [0.2, 0.25) is 5.89 Å². The highest BCUT2D eigenvalue weighted by molar-refractivity contribution is 5.55. The lowest BCUT2D eigenvalue weighted by molar-refractivity contribution is 0.146. The van der Waals surface area contributed by atoms with E-state index in [1.807, 2.05) is 12.1 Å². The van der Waals surface area contributed by atoms with Crippen molar-refractivity contribution in [2.45, 2.75) is 38.0 Å². The molecule has 10 heteroatoms. The summed E-state index contributed by atoms with van der Waals surface area (Å²) >= 11 is 0. The number of hydrogen-bond acceptors (Lipinski definition) is 8. The van der Waals surface area contributed by atoms with Crippen LogP contribution in [0.4, 0.5) is 14.8 Å². The van der Waals surface area contributed by atoms with E-state index in [1.54, 1.807) is 12.1 Å². The van der Waals surface area contributed by atoms with E-state index in [0.29, 0.717) is 12.2 Å². The van der Waals surface area contributed by atoms with E-state index >= 15 is 0 Å². The Morgan fingerprint density at radius 1 is 1.15 bits per heavy atom. The maximum atomic E-state index is 14.6. The van der Waals surface area contributed by atoms with Crippen molar-refractivity contribution in [1.82, 2.24) is 15.5 Å². The first-order chi connectivity index (χ1) is 16.0. The second kappa shape index (κ2) is 10.1. The van der Waals surface area contributed by atoms with Crippen molar-refractivity contribution in [2.24, 2.45) is 0 Å². The van der Waals surface area contributed by atoms with Gasteiger partial charge in [-0.25, -0.2) is 8.78 Å². The second-order valence-electron chi connectivity index (χ2n) is 7.77. The quantitative estimate of drug-likeness (QED) is 0.416. The second-order valence-corrected chi connectivity index (χ2v) is 7.77. The zero-order chi connectivity index (χ0) is 23.4. The minimum absolute atomic E-state index is 0.0281. The molecule has 3 aromatic rings. The van der Waals surface area contributed by atoms with Gasteiger partial charge in [0, 0.05) is 35.7 Å². The number of nitrogens with zero attached hydrogens (tertiary/aromatic N) is 2. The fraction of sp³-hybridized carbons (Fsp3) is 0.391. The van der Waals surface area contributed by atoms with Crippen LogP contribution in [0.5, 0.6) is 11.5 Å². The molecule has 176 valence electrons. The zero-order valence-electron chi connectivity index (χ0n) is 18.3. The van der Waals surface area contributed by atoms with Crippen LogP contribution in [0.15, 0.2) is 40.8 Å². The monoisotopic (exact) mass is 460 g/mol. The third-order valence-corrected chi connectivity index (χ3v) is 5.56. The number of anilines is 1. The van der Waals surface area contributed by atoms with Crippen LogP contribution in [-0.2, 0) is 0 Å². The molecule has 8 nitrogen and oxygen atoms in total. The summed E-state index contributed by atoms with van der Waals surface area (Å²) in [5.41, 5.74) is 0.531. The molecule has 3 atom stereocenters. The third-order valence-electron chi connectivity index (χ3n) is 5.56. The Morgan fingerprint density at radius 2 is 1.88 bits per heavy atom. The first-order valence-electron chi connectivity index (χ1n) is 10.8. The molecule has 2 aromatic carbocycles. The van der Waals surface area contributed by atoms with Crippen molar-refractivity contribution in [3.63, 3.8) is 0 Å². The standard InChI is InChI=1S/C23H26F2N4O4/c1-3-4-9-32-14-7-5-13(6-8-14)22-28-29-23(33-22)27-20-16(12-26-21(20)30)19-17(24)10-15(31-2)11-18(19)25/h5-8,10-11,16,20-21,26,30H,3-4,9,12H2,1-2H3,(H,27,29)/t16-,20-,21?/m0/s1. The molecule has 0 radical (unpaired) electrons. The summed E-state index contributed by atoms with van der Waals surface area (Å²) in [6.07, 6.45) is 0.957. The molecule has 0 bridgehead atoms. The smallest absolute Gasteiger partial charge is 0.316 e. The van der Waals surface area contributed by atoms with Crippen molar-refractivity contribution in [1.29, 1.82) is 0 Å². The van der Waals surface area contributed by atoms with Crippen LogP contribution in [0.1, 0.15) is 31.2 Å². The predicted molar refractivity (Wildman–Crippen MR) is 117 cm³/mol. The van der Waals surface area contributed by atoms with Gasteiger partial charge in [-0.2, -0.15) is 0 Å². The van der Waals surface area contributed by atoms with Crippen LogP contribution in [0, 0.1) is 11.6 Å². The van der Waals surface area contributed by atoms with E-state index in [9.17, 15) is 13.9 Å². The summed E-state index contributed by atoms with van der Waals surface area (Å²) in [7, 11) is 1.33. The molecule has 1 aliphatic rings. The van der Waals surface area contributed by atoms with E-state index in [-0.39, 0.29) is 29.8 Å². The van der Waals surface area contributed by atoms with Crippen LogP contribution in [-0.4, -0.2) is 47.8 Å². The Bertz CT molecular complexity index is 1050. The average molecular weight is 460 g/mol. The molecule has 0 aliphatic carbocycles. The first kappa shape index (κ1) is 22.9. The SMILES string of the molecule is CCCCOc1ccc(-c2nnc(N[C@@H]3C(O)NC[C@H]3c3c(F)cc(OC)cc3F)o2)cc1. The molecule has 1 saturated heterocycles. The van der Waals surface area contributed by atoms with E-state index < -0.39 is 29.8 Å². The van der Waals surface area contributed by atoms with Gasteiger partial charge >= 0.3 is 6.01 Å². The Hall–Kier alpha value is -3.24. The molecular formula is C23H26F2N4O4. The normalized spacial score (nSPS) is 20.1. The van der Waals surface area contributed by atoms with Gasteiger partial charge in [-0.1, -0.05) is 18.4 Å². The van der Waals surface area contributed by atoms with Crippen molar-refractivity contribution < 1.29 is 27.8 Å². The summed E-state index contributed by atoms with van der Waals surface area (Å²) in [5.74, 6) is -1.15. The zero-order valence-corrected chi connectivity index (χ0v) is 18.3. The van der Waals surface area contributed by atoms with Gasteiger partial charge in [0.15, 0.2) is 0 Å². The average Bonchev–Trinajstić information content (AvgIpc) is 3.42. The summed E-state index contributed by atoms with van der Waals surface area (Å²) in [6, 6.07) is 8.69. The number of halogens is 2. The van der Waals surface area contributed by atoms with E-state index in [1.165, 1.54) is 7.11 Å². The summed E-state index contributed by atoms with van der Waals surface area (Å²) in [4.78, 5) is 0. The number of aliphatic hydroxyl groups is 1. The Morgan fingerprint density at radius 3 is 2.55 bits per heavy atom. The van der Waals surface area contributed by atoms with E-state index in [2.05, 4.69) is 27.8 Å². The minimum Gasteiger partial charge on any atom is -0.497 e. The van der Waals surface area contributed by atoms with Crippen LogP contribution in [0.3, 0.4) is 0 Å². The topological polar surface area (TPSA) is 102 Å². The van der Waals surface area contributed by atoms with Crippen molar-refractivity contribution in [3.05, 3.63) is 53.6 Å². The number of benzene rings is 2. The number of nitrogens with one attached hydrogen (secondary N) is 2. The molecular weight excluding hydrogens is 434 g/mol. The molecule has 33 heavy (non-hydrogen) atoms. The van der Waals surface area contributed by atoms with Gasteiger partial charge in [-0.3, -0.25) is 5.32 Å². The Kier molecular flexibility index (Phi) is 7.05. The van der Waals surface area contributed by atoms with Gasteiger partial charge in [0.1, 0.15) is 29.4 Å². The third kappa shape index (κ3) is 5.07. The fourth-order valence-electron chi connectivity index (χ4n) is 3.78. The van der Waals surface area contributed by atoms with Crippen LogP contribution in [0.2, 0.25) is 0 Å². The molecule has 1 fully saturated rings. The molecule has 1 aliphatic heterocycles. The Balaban J connectivity index is 1.49. The first-order valence-corrected chi connectivity index (χ1v) is 10.8. The molecule has 4 rings (SSSR count). The lowest BCUT2D eigenvalue weighted by Crippen LogP contribution is -2.37. The molecule has 0 saturated carbocycles. The number of rotatable bonds is 9. The van der Waals surface area contributed by atoms with Crippen molar-refractivity contribution in [3.8, 4) is 23.0 Å². The maximum Gasteiger partial charge on any atom is 0.316 e. The molecule has 0 spiro atoms. The lowest BCUT2D eigenvalue weighted by atomic mass is 9.92. The Labute approximate surface area is 189 Å². The van der Waals surface area contributed by atoms with Gasteiger partial charge in [0.25, 0.3) is 0 Å². The number of unbranched alkanes of at least 4 members (excludes halogenated alkanes) is 1. The summed E-state index contributed by atoms with van der Waals surface area (Å²) in [5, 5.41) is 24.1. The van der Waals surface area contributed by atoms with Crippen molar-refractivity contribution in [2.75, 3.05) is 25.6 Å². The van der Waals surface area contributed by atoms with Crippen LogP contribution in [0.25, 0.3) is 11.5 Å². The highest BCUT2D eigenvalue weighted by Gasteiger charge is 2.39. The fourth-order valence-corrected chi connectivity index (χ4v) is 3.78. The molecule has 2 heterocycles. The van der Waals surface area contributed by atoms with Crippen LogP contribution < -0.4 is 20.1 Å². The molecule has 1 aromatic heterocycles. The highest BCUT2D eigenvalue weighted by atomic mass is 19.1. The molecule has 1 unspecified atom stereocenters. The maximum absolute atomic E-state index is 14.6. The number of aliphatic hydroxyl groups excluding tert-OH is 1. The number of aromatic nitrogens is 2. The lowest BCUT2D eigenvalue weighted by Gasteiger charge is -2.22. The van der Waals surface area contributed by atoms with Crippen LogP contribution >= 0.6 is 0 Å². The van der Waals surface area contributed by atoms with E-state index in [0.717, 1.165) is 30.7 Å². The van der Waals surface area contributed by atoms with Crippen molar-refractivity contribution >= 4 is 6.01 Å². The predicted octanol–water partition coefficient (Wildman–Crippen LogP) is 3.69. The number of ether oxygens (including phenoxy) is 2. The van der Waals surface area contributed by atoms with Gasteiger partial charge in [0.05, 0.1) is 19.8 Å². The van der Waals surface area contributed by atoms with E-state index in [4.69, 9.17) is 13.9 Å². The highest BCUT2D eigenvalue weighted by Crippen LogP contribution is 2.34. The summed E-state index contributed by atoms with van der Waals surface area (Å²) < 4.78 is 45.5. The number of methoxy groups -OCH3 is 1.